The molecule has 3 aromatic carbocycles. The zero-order valence-corrected chi connectivity index (χ0v) is 21.7. The number of nitrogens with zero attached hydrogens (tertiary/aromatic N) is 1. The van der Waals surface area contributed by atoms with Crippen LogP contribution >= 0.6 is 0 Å². The summed E-state index contributed by atoms with van der Waals surface area (Å²) in [5.74, 6) is -0.805. The van der Waals surface area contributed by atoms with Crippen LogP contribution in [0.4, 0.5) is 26.3 Å². The maximum Gasteiger partial charge on any atom is 0.416 e. The van der Waals surface area contributed by atoms with Gasteiger partial charge in [0.25, 0.3) is 0 Å². The van der Waals surface area contributed by atoms with Crippen LogP contribution in [-0.2, 0) is 33.7 Å². The van der Waals surface area contributed by atoms with Crippen molar-refractivity contribution in [3.05, 3.63) is 107 Å². The molecule has 4 nitrogen and oxygen atoms in total. The minimum Gasteiger partial charge on any atom is -0.373 e. The Bertz CT molecular complexity index is 1290. The molecule has 39 heavy (non-hydrogen) atoms. The smallest absolute Gasteiger partial charge is 0.373 e. The molecule has 1 aliphatic heterocycles. The molecule has 1 aliphatic rings. The average molecular weight is 572 g/mol. The lowest BCUT2D eigenvalue weighted by Crippen LogP contribution is -2.48. The van der Waals surface area contributed by atoms with Gasteiger partial charge < -0.3 is 4.74 Å². The maximum absolute atomic E-state index is 13.4. The fourth-order valence-electron chi connectivity index (χ4n) is 5.07. The van der Waals surface area contributed by atoms with Crippen molar-refractivity contribution in [2.45, 2.75) is 37.4 Å². The standard InChI is InChI=1S/C28H27F6NO3S/c1-39(36,37)35-13-12-25(38-18-19-14-22(27(29,30)31)16-23(15-19)28(32,33)34)24(17-35)26(20-8-4-2-5-9-20)21-10-6-3-7-11-21/h2-11,14-16,24-26H,12-13,17-18H2,1H3/t24-,25+/m1/s1. The van der Waals surface area contributed by atoms with E-state index in [4.69, 9.17) is 4.74 Å². The molecule has 0 aromatic heterocycles. The lowest BCUT2D eigenvalue weighted by molar-refractivity contribution is -0.143. The summed E-state index contributed by atoms with van der Waals surface area (Å²) in [5.41, 5.74) is -1.32. The number of sulfonamides is 1. The lowest BCUT2D eigenvalue weighted by Gasteiger charge is -2.41. The molecular weight excluding hydrogens is 544 g/mol. The highest BCUT2D eigenvalue weighted by molar-refractivity contribution is 7.88. The normalized spacial score (nSPS) is 19.4. The number of hydrogen-bond donors (Lipinski definition) is 0. The number of benzene rings is 3. The Morgan fingerprint density at radius 2 is 1.33 bits per heavy atom. The second-order valence-corrected chi connectivity index (χ2v) is 11.6. The predicted octanol–water partition coefficient (Wildman–Crippen LogP) is 6.72. The summed E-state index contributed by atoms with van der Waals surface area (Å²) in [6.07, 6.45) is -9.25. The third-order valence-electron chi connectivity index (χ3n) is 6.88. The van der Waals surface area contributed by atoms with Gasteiger partial charge in [-0.1, -0.05) is 60.7 Å². The summed E-state index contributed by atoms with van der Waals surface area (Å²) >= 11 is 0. The van der Waals surface area contributed by atoms with Crippen molar-refractivity contribution in [1.82, 2.24) is 4.31 Å². The molecule has 0 unspecified atom stereocenters. The van der Waals surface area contributed by atoms with Gasteiger partial charge in [0.1, 0.15) is 0 Å². The fourth-order valence-corrected chi connectivity index (χ4v) is 5.95. The highest BCUT2D eigenvalue weighted by Crippen LogP contribution is 2.40. The van der Waals surface area contributed by atoms with Crippen LogP contribution in [0.15, 0.2) is 78.9 Å². The van der Waals surface area contributed by atoms with E-state index >= 15 is 0 Å². The Morgan fingerprint density at radius 3 is 1.77 bits per heavy atom. The van der Waals surface area contributed by atoms with Gasteiger partial charge in [0.2, 0.25) is 10.0 Å². The van der Waals surface area contributed by atoms with Gasteiger partial charge >= 0.3 is 12.4 Å². The second-order valence-electron chi connectivity index (χ2n) is 9.64. The molecule has 0 amide bonds. The molecule has 0 radical (unpaired) electrons. The number of rotatable bonds is 7. The first-order chi connectivity index (χ1) is 18.2. The Balaban J connectivity index is 1.71. The van der Waals surface area contributed by atoms with Crippen LogP contribution in [0.2, 0.25) is 0 Å². The second kappa shape index (κ2) is 11.3. The van der Waals surface area contributed by atoms with Crippen LogP contribution in [0.1, 0.15) is 40.2 Å². The summed E-state index contributed by atoms with van der Waals surface area (Å²) in [6.45, 7) is -0.301. The van der Waals surface area contributed by atoms with Gasteiger partial charge in [-0.15, -0.1) is 0 Å². The first-order valence-electron chi connectivity index (χ1n) is 12.2. The van der Waals surface area contributed by atoms with Crippen molar-refractivity contribution in [2.75, 3.05) is 19.3 Å². The van der Waals surface area contributed by atoms with E-state index in [0.29, 0.717) is 12.1 Å². The van der Waals surface area contributed by atoms with Crippen LogP contribution < -0.4 is 0 Å². The molecule has 3 aromatic rings. The topological polar surface area (TPSA) is 46.6 Å². The summed E-state index contributed by atoms with van der Waals surface area (Å²) < 4.78 is 112. The van der Waals surface area contributed by atoms with Crippen LogP contribution in [-0.4, -0.2) is 38.2 Å². The first kappa shape index (κ1) is 29.1. The van der Waals surface area contributed by atoms with Crippen LogP contribution in [0.5, 0.6) is 0 Å². The zero-order chi connectivity index (χ0) is 28.4. The highest BCUT2D eigenvalue weighted by Gasteiger charge is 2.40. The summed E-state index contributed by atoms with van der Waals surface area (Å²) in [7, 11) is -3.56. The Kier molecular flexibility index (Phi) is 8.44. The van der Waals surface area contributed by atoms with E-state index in [-0.39, 0.29) is 37.1 Å². The van der Waals surface area contributed by atoms with Gasteiger partial charge in [0.05, 0.1) is 30.1 Å². The van der Waals surface area contributed by atoms with Crippen molar-refractivity contribution in [2.24, 2.45) is 5.92 Å². The highest BCUT2D eigenvalue weighted by atomic mass is 32.2. The SMILES string of the molecule is CS(=O)(=O)N1CC[C@H](OCc2cc(C(F)(F)F)cc(C(F)(F)F)c2)[C@H](C(c2ccccc2)c2ccccc2)C1. The van der Waals surface area contributed by atoms with Crippen molar-refractivity contribution < 1.29 is 39.5 Å². The Morgan fingerprint density at radius 1 is 0.846 bits per heavy atom. The summed E-state index contributed by atoms with van der Waals surface area (Å²) in [4.78, 5) is 0. The Hall–Kier alpha value is -2.89. The van der Waals surface area contributed by atoms with Gasteiger partial charge in [0, 0.05) is 24.9 Å². The van der Waals surface area contributed by atoms with Gasteiger partial charge in [-0.2, -0.15) is 26.3 Å². The summed E-state index contributed by atoms with van der Waals surface area (Å²) in [5, 5.41) is 0. The van der Waals surface area contributed by atoms with Crippen molar-refractivity contribution in [3.8, 4) is 0 Å². The molecule has 0 spiro atoms. The lowest BCUT2D eigenvalue weighted by atomic mass is 9.76. The largest absolute Gasteiger partial charge is 0.416 e. The fraction of sp³-hybridized carbons (Fsp3) is 0.357. The molecule has 1 heterocycles. The third kappa shape index (κ3) is 7.20. The zero-order valence-electron chi connectivity index (χ0n) is 20.9. The molecule has 210 valence electrons. The quantitative estimate of drug-likeness (QED) is 0.296. The van der Waals surface area contributed by atoms with Crippen LogP contribution in [0.25, 0.3) is 0 Å². The molecule has 0 N–H and O–H groups in total. The van der Waals surface area contributed by atoms with E-state index in [1.54, 1.807) is 0 Å². The van der Waals surface area contributed by atoms with Crippen LogP contribution in [0, 0.1) is 5.92 Å². The monoisotopic (exact) mass is 571 g/mol. The van der Waals surface area contributed by atoms with E-state index in [9.17, 15) is 34.8 Å². The van der Waals surface area contributed by atoms with E-state index in [1.807, 2.05) is 60.7 Å². The Labute approximate surface area is 223 Å². The number of alkyl halides is 6. The van der Waals surface area contributed by atoms with Gasteiger partial charge in [-0.25, -0.2) is 12.7 Å². The van der Waals surface area contributed by atoms with Crippen molar-refractivity contribution >= 4 is 10.0 Å². The summed E-state index contributed by atoms with van der Waals surface area (Å²) in [6, 6.07) is 20.1. The van der Waals surface area contributed by atoms with Gasteiger partial charge in [-0.3, -0.25) is 0 Å². The minimum absolute atomic E-state index is 0.0777. The van der Waals surface area contributed by atoms with Crippen molar-refractivity contribution in [3.63, 3.8) is 0 Å². The van der Waals surface area contributed by atoms with E-state index in [1.165, 1.54) is 4.31 Å². The third-order valence-corrected chi connectivity index (χ3v) is 8.15. The molecule has 2 atom stereocenters. The van der Waals surface area contributed by atoms with Crippen molar-refractivity contribution in [1.29, 1.82) is 0 Å². The van der Waals surface area contributed by atoms with E-state index in [0.717, 1.165) is 17.4 Å². The minimum atomic E-state index is -4.97. The number of hydrogen-bond acceptors (Lipinski definition) is 3. The molecule has 1 saturated heterocycles. The van der Waals surface area contributed by atoms with E-state index in [2.05, 4.69) is 0 Å². The molecule has 4 rings (SSSR count). The number of halogens is 6. The molecule has 0 bridgehead atoms. The first-order valence-corrected chi connectivity index (χ1v) is 14.0. The van der Waals surface area contributed by atoms with Gasteiger partial charge in [0.15, 0.2) is 0 Å². The predicted molar refractivity (Wildman–Crippen MR) is 134 cm³/mol. The molecule has 11 heteroatoms. The molecule has 0 saturated carbocycles. The van der Waals surface area contributed by atoms with Crippen LogP contribution in [0.3, 0.4) is 0 Å². The average Bonchev–Trinajstić information content (AvgIpc) is 2.87. The molecular formula is C28H27F6NO3S. The molecule has 0 aliphatic carbocycles. The van der Waals surface area contributed by atoms with E-state index < -0.39 is 52.1 Å². The maximum atomic E-state index is 13.4. The number of ether oxygens (including phenoxy) is 1. The van der Waals surface area contributed by atoms with Gasteiger partial charge in [-0.05, 0) is 41.3 Å². The number of piperidine rings is 1. The molecule has 1 fully saturated rings.